The Hall–Kier alpha value is -1.57. The molecule has 0 aromatic heterocycles. The van der Waals surface area contributed by atoms with Gasteiger partial charge in [0, 0.05) is 6.21 Å². The number of nitrogens with two attached hydrogens (primary N) is 1. The summed E-state index contributed by atoms with van der Waals surface area (Å²) in [4.78, 5) is 4.20. The van der Waals surface area contributed by atoms with E-state index in [-0.39, 0.29) is 0 Å². The minimum absolute atomic E-state index is 0.943. The normalized spacial score (nSPS) is 12.2. The molecule has 0 fully saturated rings. The molecule has 0 spiro atoms. The first-order valence-electron chi connectivity index (χ1n) is 3.80. The van der Waals surface area contributed by atoms with Crippen molar-refractivity contribution in [3.8, 4) is 0 Å². The van der Waals surface area contributed by atoms with Gasteiger partial charge >= 0.3 is 0 Å². The summed E-state index contributed by atoms with van der Waals surface area (Å²) < 4.78 is 0. The van der Waals surface area contributed by atoms with E-state index in [4.69, 9.17) is 5.73 Å². The maximum atomic E-state index is 5.28. The van der Waals surface area contributed by atoms with Crippen LogP contribution in [-0.4, -0.2) is 6.21 Å². The van der Waals surface area contributed by atoms with Gasteiger partial charge in [0.1, 0.15) is 0 Å². The van der Waals surface area contributed by atoms with Gasteiger partial charge in [-0.2, -0.15) is 0 Å². The average molecular weight is 160 g/mol. The molecule has 0 aliphatic heterocycles. The average Bonchev–Trinajstić information content (AvgIpc) is 2.16. The van der Waals surface area contributed by atoms with Gasteiger partial charge in [-0.05, 0) is 30.8 Å². The minimum Gasteiger partial charge on any atom is -0.404 e. The Kier molecular flexibility index (Phi) is 3.08. The van der Waals surface area contributed by atoms with Crippen molar-refractivity contribution >= 4 is 11.9 Å². The van der Waals surface area contributed by atoms with Gasteiger partial charge in [-0.1, -0.05) is 18.2 Å². The van der Waals surface area contributed by atoms with Crippen LogP contribution in [0.2, 0.25) is 0 Å². The predicted octanol–water partition coefficient (Wildman–Crippen LogP) is 2.25. The first-order valence-corrected chi connectivity index (χ1v) is 3.80. The Morgan fingerprint density at radius 3 is 2.58 bits per heavy atom. The molecule has 0 aliphatic rings. The van der Waals surface area contributed by atoms with Crippen molar-refractivity contribution in [2.45, 2.75) is 6.92 Å². The minimum atomic E-state index is 0.943. The van der Waals surface area contributed by atoms with Crippen LogP contribution in [0.1, 0.15) is 6.92 Å². The molecule has 2 nitrogen and oxygen atoms in total. The Morgan fingerprint density at radius 1 is 1.33 bits per heavy atom. The summed E-state index contributed by atoms with van der Waals surface area (Å²) in [6.45, 7) is 1.91. The Labute approximate surface area is 72.4 Å². The van der Waals surface area contributed by atoms with Crippen LogP contribution in [0.5, 0.6) is 0 Å². The molecule has 0 amide bonds. The van der Waals surface area contributed by atoms with Gasteiger partial charge < -0.3 is 5.73 Å². The summed E-state index contributed by atoms with van der Waals surface area (Å²) >= 11 is 0. The topological polar surface area (TPSA) is 38.4 Å². The number of benzene rings is 1. The maximum absolute atomic E-state index is 5.28. The molecule has 0 unspecified atom stereocenters. The highest BCUT2D eigenvalue weighted by atomic mass is 14.7. The number of aliphatic imine (C=N–C) groups is 1. The summed E-state index contributed by atoms with van der Waals surface area (Å²) in [5.41, 5.74) is 7.18. The zero-order valence-electron chi connectivity index (χ0n) is 7.07. The summed E-state index contributed by atoms with van der Waals surface area (Å²) in [6, 6.07) is 9.76. The van der Waals surface area contributed by atoms with Crippen molar-refractivity contribution in [3.63, 3.8) is 0 Å². The maximum Gasteiger partial charge on any atom is 0.0629 e. The Morgan fingerprint density at radius 2 is 2.00 bits per heavy atom. The molecule has 1 aromatic carbocycles. The summed E-state index contributed by atoms with van der Waals surface area (Å²) in [7, 11) is 0. The Balaban J connectivity index is 2.70. The van der Waals surface area contributed by atoms with Gasteiger partial charge in [0.2, 0.25) is 0 Å². The summed E-state index contributed by atoms with van der Waals surface area (Å²) in [5, 5.41) is 0. The lowest BCUT2D eigenvalue weighted by molar-refractivity contribution is 1.46. The first-order chi connectivity index (χ1) is 5.83. The zero-order chi connectivity index (χ0) is 8.81. The van der Waals surface area contributed by atoms with Crippen LogP contribution >= 0.6 is 0 Å². The quantitative estimate of drug-likeness (QED) is 0.662. The van der Waals surface area contributed by atoms with Gasteiger partial charge in [-0.25, -0.2) is 0 Å². The molecule has 0 radical (unpaired) electrons. The Bertz CT molecular complexity index is 286. The fraction of sp³-hybridized carbons (Fsp3) is 0.100. The largest absolute Gasteiger partial charge is 0.404 e. The zero-order valence-corrected chi connectivity index (χ0v) is 7.07. The number of nitrogens with zero attached hydrogens (tertiary/aromatic N) is 1. The number of rotatable bonds is 2. The monoisotopic (exact) mass is 160 g/mol. The lowest BCUT2D eigenvalue weighted by Crippen LogP contribution is -1.84. The number of hydrogen-bond donors (Lipinski definition) is 1. The molecule has 62 valence electrons. The lowest BCUT2D eigenvalue weighted by atomic mass is 10.3. The van der Waals surface area contributed by atoms with Crippen molar-refractivity contribution in [1.82, 2.24) is 0 Å². The van der Waals surface area contributed by atoms with Crippen LogP contribution < -0.4 is 5.73 Å². The molecule has 0 saturated heterocycles. The van der Waals surface area contributed by atoms with Crippen molar-refractivity contribution in [1.29, 1.82) is 0 Å². The van der Waals surface area contributed by atoms with Crippen LogP contribution in [0.15, 0.2) is 47.1 Å². The highest BCUT2D eigenvalue weighted by molar-refractivity contribution is 5.79. The van der Waals surface area contributed by atoms with Gasteiger partial charge in [0.15, 0.2) is 0 Å². The first kappa shape index (κ1) is 8.53. The molecular weight excluding hydrogens is 148 g/mol. The fourth-order valence-electron chi connectivity index (χ4n) is 0.733. The molecule has 0 heterocycles. The van der Waals surface area contributed by atoms with E-state index in [1.807, 2.05) is 37.3 Å². The van der Waals surface area contributed by atoms with Gasteiger partial charge in [-0.3, -0.25) is 4.99 Å². The molecule has 2 N–H and O–H groups in total. The van der Waals surface area contributed by atoms with E-state index in [1.165, 1.54) is 6.20 Å². The second-order valence-electron chi connectivity index (χ2n) is 2.50. The van der Waals surface area contributed by atoms with Crippen LogP contribution in [0.4, 0.5) is 5.69 Å². The third-order valence-corrected chi connectivity index (χ3v) is 1.44. The van der Waals surface area contributed by atoms with E-state index in [2.05, 4.69) is 4.99 Å². The molecule has 1 rings (SSSR count). The van der Waals surface area contributed by atoms with Crippen molar-refractivity contribution in [2.24, 2.45) is 10.7 Å². The number of allylic oxidation sites excluding steroid dienone is 1. The van der Waals surface area contributed by atoms with Crippen LogP contribution in [-0.2, 0) is 0 Å². The van der Waals surface area contributed by atoms with Crippen LogP contribution in [0.25, 0.3) is 0 Å². The molecule has 12 heavy (non-hydrogen) atoms. The van der Waals surface area contributed by atoms with Crippen molar-refractivity contribution in [3.05, 3.63) is 42.1 Å². The lowest BCUT2D eigenvalue weighted by Gasteiger charge is -1.90. The molecule has 0 aliphatic carbocycles. The fourth-order valence-corrected chi connectivity index (χ4v) is 0.733. The third-order valence-electron chi connectivity index (χ3n) is 1.44. The molecule has 0 saturated carbocycles. The molecular formula is C10H12N2. The van der Waals surface area contributed by atoms with E-state index >= 15 is 0 Å². The summed E-state index contributed by atoms with van der Waals surface area (Å²) in [6.07, 6.45) is 3.28. The standard InChI is InChI=1S/C10H12N2/c1-9(7-11)8-12-10-5-3-2-4-6-10/h2-8H,11H2,1H3/b9-7-,12-8?. The molecule has 0 atom stereocenters. The van der Waals surface area contributed by atoms with Crippen molar-refractivity contribution in [2.75, 3.05) is 0 Å². The third kappa shape index (κ3) is 2.58. The molecule has 1 aromatic rings. The number of para-hydroxylation sites is 1. The SMILES string of the molecule is C/C(C=Nc1ccccc1)=C/N. The van der Waals surface area contributed by atoms with E-state index in [0.717, 1.165) is 11.3 Å². The van der Waals surface area contributed by atoms with E-state index < -0.39 is 0 Å². The van der Waals surface area contributed by atoms with E-state index in [9.17, 15) is 0 Å². The van der Waals surface area contributed by atoms with Gasteiger partial charge in [0.05, 0.1) is 5.69 Å². The highest BCUT2D eigenvalue weighted by Gasteiger charge is 1.83. The van der Waals surface area contributed by atoms with E-state index in [0.29, 0.717) is 0 Å². The number of hydrogen-bond acceptors (Lipinski definition) is 2. The van der Waals surface area contributed by atoms with Crippen LogP contribution in [0, 0.1) is 0 Å². The van der Waals surface area contributed by atoms with E-state index in [1.54, 1.807) is 6.21 Å². The highest BCUT2D eigenvalue weighted by Crippen LogP contribution is 2.08. The second kappa shape index (κ2) is 4.34. The second-order valence-corrected chi connectivity index (χ2v) is 2.50. The smallest absolute Gasteiger partial charge is 0.0629 e. The molecule has 0 bridgehead atoms. The summed E-state index contributed by atoms with van der Waals surface area (Å²) in [5.74, 6) is 0. The van der Waals surface area contributed by atoms with Gasteiger partial charge in [-0.15, -0.1) is 0 Å². The predicted molar refractivity (Wildman–Crippen MR) is 52.5 cm³/mol. The molecule has 2 heteroatoms. The van der Waals surface area contributed by atoms with Gasteiger partial charge in [0.25, 0.3) is 0 Å². The van der Waals surface area contributed by atoms with Crippen LogP contribution in [0.3, 0.4) is 0 Å². The van der Waals surface area contributed by atoms with Crippen molar-refractivity contribution < 1.29 is 0 Å².